The molecule has 0 saturated heterocycles. The Morgan fingerprint density at radius 3 is 2.58 bits per heavy atom. The molecule has 0 aliphatic rings. The fraction of sp³-hybridized carbons (Fsp3) is 0.200. The second kappa shape index (κ2) is 7.02. The number of amides is 1. The van der Waals surface area contributed by atoms with Crippen LogP contribution in [-0.2, 0) is 11.2 Å². The number of carbonyl (C=O) groups is 1. The van der Waals surface area contributed by atoms with E-state index in [2.05, 4.69) is 4.98 Å². The summed E-state index contributed by atoms with van der Waals surface area (Å²) in [6, 6.07) is 17.4. The Kier molecular flexibility index (Phi) is 4.81. The van der Waals surface area contributed by atoms with Crippen molar-refractivity contribution < 1.29 is 4.79 Å². The standard InChI is InChI=1S/C20H19ClN2O/c1-14(15-8-10-18(21)11-9-15)23(2)19(24)13-17-6-3-5-16-7-4-12-22-20(16)17/h3-12,14H,13H2,1-2H3/t14-/m1/s1. The highest BCUT2D eigenvalue weighted by atomic mass is 35.5. The van der Waals surface area contributed by atoms with Crippen LogP contribution in [0.4, 0.5) is 0 Å². The van der Waals surface area contributed by atoms with Crippen molar-refractivity contribution in [3.05, 3.63) is 76.9 Å². The molecule has 0 radical (unpaired) electrons. The number of likely N-dealkylation sites (N-methyl/N-ethyl adjacent to an activating group) is 1. The molecule has 3 nitrogen and oxygen atoms in total. The van der Waals surface area contributed by atoms with E-state index < -0.39 is 0 Å². The summed E-state index contributed by atoms with van der Waals surface area (Å²) in [5.74, 6) is 0.0654. The van der Waals surface area contributed by atoms with Gasteiger partial charge >= 0.3 is 0 Å². The van der Waals surface area contributed by atoms with Crippen molar-refractivity contribution in [1.82, 2.24) is 9.88 Å². The number of hydrogen-bond acceptors (Lipinski definition) is 2. The molecule has 0 saturated carbocycles. The number of benzene rings is 2. The van der Waals surface area contributed by atoms with Crippen LogP contribution < -0.4 is 0 Å². The third-order valence-electron chi connectivity index (χ3n) is 4.38. The van der Waals surface area contributed by atoms with Gasteiger partial charge in [-0.1, -0.05) is 48.0 Å². The lowest BCUT2D eigenvalue weighted by atomic mass is 10.0. The quantitative estimate of drug-likeness (QED) is 0.693. The van der Waals surface area contributed by atoms with Crippen LogP contribution in [0.5, 0.6) is 0 Å². The van der Waals surface area contributed by atoms with Crippen LogP contribution in [0, 0.1) is 0 Å². The number of para-hydroxylation sites is 1. The van der Waals surface area contributed by atoms with E-state index in [0.29, 0.717) is 11.4 Å². The number of hydrogen-bond donors (Lipinski definition) is 0. The number of fused-ring (bicyclic) bond motifs is 1. The number of rotatable bonds is 4. The van der Waals surface area contributed by atoms with Crippen LogP contribution in [-0.4, -0.2) is 22.8 Å². The van der Waals surface area contributed by atoms with Crippen LogP contribution in [0.2, 0.25) is 5.02 Å². The van der Waals surface area contributed by atoms with Crippen molar-refractivity contribution in [2.45, 2.75) is 19.4 Å². The first-order valence-electron chi connectivity index (χ1n) is 7.90. The SMILES string of the molecule is C[C@H](c1ccc(Cl)cc1)N(C)C(=O)Cc1cccc2cccnc12. The van der Waals surface area contributed by atoms with E-state index in [9.17, 15) is 4.79 Å². The summed E-state index contributed by atoms with van der Waals surface area (Å²) in [4.78, 5) is 18.9. The molecule has 0 fully saturated rings. The largest absolute Gasteiger partial charge is 0.339 e. The average Bonchev–Trinajstić information content (AvgIpc) is 2.61. The van der Waals surface area contributed by atoms with E-state index in [-0.39, 0.29) is 11.9 Å². The molecule has 0 unspecified atom stereocenters. The zero-order chi connectivity index (χ0) is 17.1. The maximum absolute atomic E-state index is 12.7. The second-order valence-corrected chi connectivity index (χ2v) is 6.34. The van der Waals surface area contributed by atoms with Gasteiger partial charge in [0.1, 0.15) is 0 Å². The van der Waals surface area contributed by atoms with E-state index in [1.165, 1.54) is 0 Å². The van der Waals surface area contributed by atoms with Crippen LogP contribution in [0.1, 0.15) is 24.1 Å². The molecular formula is C20H19ClN2O. The highest BCUT2D eigenvalue weighted by Gasteiger charge is 2.18. The van der Waals surface area contributed by atoms with Gasteiger partial charge in [0.15, 0.2) is 0 Å². The van der Waals surface area contributed by atoms with E-state index in [1.54, 1.807) is 11.1 Å². The molecule has 0 N–H and O–H groups in total. The molecule has 122 valence electrons. The third kappa shape index (κ3) is 3.41. The smallest absolute Gasteiger partial charge is 0.227 e. The highest BCUT2D eigenvalue weighted by Crippen LogP contribution is 2.23. The monoisotopic (exact) mass is 338 g/mol. The summed E-state index contributed by atoms with van der Waals surface area (Å²) < 4.78 is 0. The Hall–Kier alpha value is -2.39. The Morgan fingerprint density at radius 2 is 1.83 bits per heavy atom. The number of carbonyl (C=O) groups excluding carboxylic acids is 1. The predicted octanol–water partition coefficient (Wildman–Crippen LogP) is 4.65. The summed E-state index contributed by atoms with van der Waals surface area (Å²) in [5, 5.41) is 1.75. The Morgan fingerprint density at radius 1 is 1.12 bits per heavy atom. The predicted molar refractivity (Wildman–Crippen MR) is 98.1 cm³/mol. The lowest BCUT2D eigenvalue weighted by Gasteiger charge is -2.25. The molecule has 0 aliphatic carbocycles. The Balaban J connectivity index is 1.79. The normalized spacial score (nSPS) is 12.1. The molecule has 2 aromatic carbocycles. The average molecular weight is 339 g/mol. The topological polar surface area (TPSA) is 33.2 Å². The van der Waals surface area contributed by atoms with Gasteiger partial charge in [-0.15, -0.1) is 0 Å². The van der Waals surface area contributed by atoms with Crippen LogP contribution in [0.15, 0.2) is 60.8 Å². The molecule has 0 spiro atoms. The van der Waals surface area contributed by atoms with Crippen molar-refractivity contribution >= 4 is 28.4 Å². The van der Waals surface area contributed by atoms with Crippen LogP contribution in [0.3, 0.4) is 0 Å². The zero-order valence-electron chi connectivity index (χ0n) is 13.7. The molecule has 0 aliphatic heterocycles. The van der Waals surface area contributed by atoms with Gasteiger partial charge in [0.05, 0.1) is 18.0 Å². The van der Waals surface area contributed by atoms with E-state index in [1.807, 2.05) is 68.6 Å². The second-order valence-electron chi connectivity index (χ2n) is 5.90. The van der Waals surface area contributed by atoms with Gasteiger partial charge in [0.2, 0.25) is 5.91 Å². The number of nitrogens with zero attached hydrogens (tertiary/aromatic N) is 2. The highest BCUT2D eigenvalue weighted by molar-refractivity contribution is 6.30. The maximum atomic E-state index is 12.7. The molecule has 1 amide bonds. The summed E-state index contributed by atoms with van der Waals surface area (Å²) in [7, 11) is 1.83. The van der Waals surface area contributed by atoms with Crippen LogP contribution >= 0.6 is 11.6 Å². The molecule has 1 heterocycles. The molecule has 3 rings (SSSR count). The fourth-order valence-electron chi connectivity index (χ4n) is 2.78. The first kappa shape index (κ1) is 16.5. The van der Waals surface area contributed by atoms with Gasteiger partial charge in [0.25, 0.3) is 0 Å². The van der Waals surface area contributed by atoms with Crippen molar-refractivity contribution in [3.8, 4) is 0 Å². The third-order valence-corrected chi connectivity index (χ3v) is 4.64. The van der Waals surface area contributed by atoms with Crippen molar-refractivity contribution in [2.24, 2.45) is 0 Å². The molecular weight excluding hydrogens is 320 g/mol. The minimum atomic E-state index is -0.0160. The first-order chi connectivity index (χ1) is 11.6. The zero-order valence-corrected chi connectivity index (χ0v) is 14.5. The summed E-state index contributed by atoms with van der Waals surface area (Å²) in [6.07, 6.45) is 2.10. The van der Waals surface area contributed by atoms with Crippen LogP contribution in [0.25, 0.3) is 10.9 Å². The van der Waals surface area contributed by atoms with Gasteiger partial charge in [-0.2, -0.15) is 0 Å². The summed E-state index contributed by atoms with van der Waals surface area (Å²) >= 11 is 5.93. The molecule has 1 atom stereocenters. The van der Waals surface area contributed by atoms with Crippen molar-refractivity contribution in [3.63, 3.8) is 0 Å². The number of halogens is 1. The van der Waals surface area contributed by atoms with Crippen molar-refractivity contribution in [2.75, 3.05) is 7.05 Å². The lowest BCUT2D eigenvalue weighted by Crippen LogP contribution is -2.31. The number of pyridine rings is 1. The summed E-state index contributed by atoms with van der Waals surface area (Å²) in [5.41, 5.74) is 2.90. The maximum Gasteiger partial charge on any atom is 0.227 e. The van der Waals surface area contributed by atoms with Gasteiger partial charge in [-0.25, -0.2) is 0 Å². The molecule has 24 heavy (non-hydrogen) atoms. The van der Waals surface area contributed by atoms with E-state index in [0.717, 1.165) is 22.0 Å². The Bertz CT molecular complexity index is 856. The van der Waals surface area contributed by atoms with Gasteiger partial charge in [-0.3, -0.25) is 9.78 Å². The first-order valence-corrected chi connectivity index (χ1v) is 8.28. The Labute approximate surface area is 146 Å². The minimum Gasteiger partial charge on any atom is -0.339 e. The number of aromatic nitrogens is 1. The van der Waals surface area contributed by atoms with E-state index >= 15 is 0 Å². The molecule has 3 aromatic rings. The van der Waals surface area contributed by atoms with Gasteiger partial charge < -0.3 is 4.90 Å². The van der Waals surface area contributed by atoms with Gasteiger partial charge in [-0.05, 0) is 36.2 Å². The van der Waals surface area contributed by atoms with Crippen molar-refractivity contribution in [1.29, 1.82) is 0 Å². The fourth-order valence-corrected chi connectivity index (χ4v) is 2.90. The van der Waals surface area contributed by atoms with Gasteiger partial charge in [0, 0.05) is 23.7 Å². The molecule has 0 bridgehead atoms. The van der Waals surface area contributed by atoms with E-state index in [4.69, 9.17) is 11.6 Å². The molecule has 1 aromatic heterocycles. The summed E-state index contributed by atoms with van der Waals surface area (Å²) in [6.45, 7) is 2.02. The molecule has 4 heteroatoms. The minimum absolute atomic E-state index is 0.0160. The lowest BCUT2D eigenvalue weighted by molar-refractivity contribution is -0.131.